The normalized spacial score (nSPS) is 10.6. The molecule has 0 unspecified atom stereocenters. The average molecular weight is 369 g/mol. The summed E-state index contributed by atoms with van der Waals surface area (Å²) in [5, 5.41) is 1.05. The lowest BCUT2D eigenvalue weighted by Gasteiger charge is -2.25. The van der Waals surface area contributed by atoms with E-state index in [9.17, 15) is 4.79 Å². The molecule has 1 heterocycles. The molecule has 4 rings (SSSR count). The molecule has 0 radical (unpaired) electrons. The van der Waals surface area contributed by atoms with Gasteiger partial charge in [-0.25, -0.2) is 0 Å². The number of para-hydroxylation sites is 2. The van der Waals surface area contributed by atoms with Crippen LogP contribution in [-0.2, 0) is 0 Å². The number of carbonyl (C=O) groups excluding carboxylic acids is 1. The topological polar surface area (TPSA) is 20.3 Å². The number of thiophene rings is 1. The van der Waals surface area contributed by atoms with Gasteiger partial charge in [-0.2, -0.15) is 0 Å². The Hall–Kier alpha value is -3.17. The van der Waals surface area contributed by atoms with Crippen LogP contribution in [0.25, 0.3) is 11.1 Å². The second kappa shape index (κ2) is 7.60. The Bertz CT molecular complexity index is 1000. The minimum absolute atomic E-state index is 0.0875. The zero-order valence-electron chi connectivity index (χ0n) is 15.0. The van der Waals surface area contributed by atoms with E-state index in [0.29, 0.717) is 0 Å². The average Bonchev–Trinajstić information content (AvgIpc) is 3.16. The van der Waals surface area contributed by atoms with Gasteiger partial charge in [0.25, 0.3) is 0 Å². The van der Waals surface area contributed by atoms with Crippen molar-refractivity contribution in [2.45, 2.75) is 6.92 Å². The summed E-state index contributed by atoms with van der Waals surface area (Å²) in [5.41, 5.74) is 4.31. The molecule has 0 bridgehead atoms. The van der Waals surface area contributed by atoms with Crippen LogP contribution in [0.1, 0.15) is 16.6 Å². The Labute approximate surface area is 163 Å². The lowest BCUT2D eigenvalue weighted by atomic mass is 10.1. The highest BCUT2D eigenvalue weighted by atomic mass is 32.1. The summed E-state index contributed by atoms with van der Waals surface area (Å²) < 4.78 is 0. The first-order valence-electron chi connectivity index (χ1n) is 8.84. The second-order valence-corrected chi connectivity index (χ2v) is 7.29. The van der Waals surface area contributed by atoms with Crippen LogP contribution >= 0.6 is 11.3 Å². The van der Waals surface area contributed by atoms with Gasteiger partial charge in [-0.3, -0.25) is 4.79 Å². The minimum atomic E-state index is 0.0875. The maximum absolute atomic E-state index is 12.1. The number of anilines is 3. The van der Waals surface area contributed by atoms with Crippen LogP contribution in [0.15, 0.2) is 97.1 Å². The van der Waals surface area contributed by atoms with E-state index in [1.165, 1.54) is 11.3 Å². The fraction of sp³-hybridized carbons (Fsp3) is 0.0417. The molecule has 0 aliphatic carbocycles. The van der Waals surface area contributed by atoms with E-state index in [2.05, 4.69) is 41.3 Å². The highest BCUT2D eigenvalue weighted by Crippen LogP contribution is 2.45. The Kier molecular flexibility index (Phi) is 4.86. The highest BCUT2D eigenvalue weighted by molar-refractivity contribution is 7.18. The van der Waals surface area contributed by atoms with Crippen LogP contribution in [0, 0.1) is 0 Å². The molecule has 27 heavy (non-hydrogen) atoms. The second-order valence-electron chi connectivity index (χ2n) is 6.26. The number of Topliss-reactive ketones (excluding diaryl/α,β-unsaturated/α-hetero) is 1. The molecule has 0 amide bonds. The fourth-order valence-corrected chi connectivity index (χ4v) is 4.20. The van der Waals surface area contributed by atoms with Crippen LogP contribution in [0.5, 0.6) is 0 Å². The Balaban J connectivity index is 1.96. The lowest BCUT2D eigenvalue weighted by molar-refractivity contribution is 0.102. The summed E-state index contributed by atoms with van der Waals surface area (Å²) in [5.74, 6) is 0.0875. The van der Waals surface area contributed by atoms with Gasteiger partial charge in [-0.05, 0) is 42.8 Å². The molecule has 3 aromatic carbocycles. The minimum Gasteiger partial charge on any atom is -0.301 e. The molecular formula is C24H19NOS. The molecule has 0 fully saturated rings. The molecule has 2 nitrogen and oxygen atoms in total. The number of nitrogens with zero attached hydrogens (tertiary/aromatic N) is 1. The van der Waals surface area contributed by atoms with Gasteiger partial charge in [0.2, 0.25) is 0 Å². The molecule has 3 heteroatoms. The van der Waals surface area contributed by atoms with Crippen molar-refractivity contribution in [1.29, 1.82) is 0 Å². The van der Waals surface area contributed by atoms with Crippen molar-refractivity contribution in [3.8, 4) is 11.1 Å². The van der Waals surface area contributed by atoms with Gasteiger partial charge in [0.05, 0.1) is 4.88 Å². The van der Waals surface area contributed by atoms with Crippen LogP contribution in [0.3, 0.4) is 0 Å². The van der Waals surface area contributed by atoms with Crippen molar-refractivity contribution in [2.24, 2.45) is 0 Å². The third-order valence-electron chi connectivity index (χ3n) is 4.38. The third kappa shape index (κ3) is 3.55. The molecule has 0 saturated heterocycles. The SMILES string of the molecule is CC(=O)c1cc(-c2ccccc2)c(N(c2ccccc2)c2ccccc2)s1. The first-order chi connectivity index (χ1) is 13.2. The Morgan fingerprint density at radius 3 is 1.70 bits per heavy atom. The predicted molar refractivity (Wildman–Crippen MR) is 114 cm³/mol. The van der Waals surface area contributed by atoms with Gasteiger partial charge in [-0.1, -0.05) is 66.7 Å². The number of carbonyl (C=O) groups is 1. The van der Waals surface area contributed by atoms with Crippen molar-refractivity contribution in [1.82, 2.24) is 0 Å². The van der Waals surface area contributed by atoms with Crippen LogP contribution in [-0.4, -0.2) is 5.78 Å². The van der Waals surface area contributed by atoms with Crippen LogP contribution in [0.4, 0.5) is 16.4 Å². The van der Waals surface area contributed by atoms with Gasteiger partial charge in [0.15, 0.2) is 5.78 Å². The first-order valence-corrected chi connectivity index (χ1v) is 9.66. The van der Waals surface area contributed by atoms with E-state index in [0.717, 1.165) is 32.4 Å². The summed E-state index contributed by atoms with van der Waals surface area (Å²) in [6, 6.07) is 32.8. The van der Waals surface area contributed by atoms with Gasteiger partial charge < -0.3 is 4.90 Å². The maximum Gasteiger partial charge on any atom is 0.169 e. The molecule has 0 spiro atoms. The van der Waals surface area contributed by atoms with Gasteiger partial charge in [-0.15, -0.1) is 11.3 Å². The smallest absolute Gasteiger partial charge is 0.169 e. The van der Waals surface area contributed by atoms with E-state index in [-0.39, 0.29) is 5.78 Å². The van der Waals surface area contributed by atoms with Crippen LogP contribution in [0.2, 0.25) is 0 Å². The maximum atomic E-state index is 12.1. The number of hydrogen-bond acceptors (Lipinski definition) is 3. The fourth-order valence-electron chi connectivity index (χ4n) is 3.08. The zero-order valence-corrected chi connectivity index (χ0v) is 15.8. The van der Waals surface area contributed by atoms with Crippen molar-refractivity contribution < 1.29 is 4.79 Å². The van der Waals surface area contributed by atoms with Gasteiger partial charge in [0, 0.05) is 16.9 Å². The Morgan fingerprint density at radius 2 is 1.22 bits per heavy atom. The summed E-state index contributed by atoms with van der Waals surface area (Å²) in [4.78, 5) is 15.1. The molecular weight excluding hydrogens is 350 g/mol. The monoisotopic (exact) mass is 369 g/mol. The van der Waals surface area contributed by atoms with Crippen molar-refractivity contribution in [2.75, 3.05) is 4.90 Å². The van der Waals surface area contributed by atoms with Crippen LogP contribution < -0.4 is 4.90 Å². The van der Waals surface area contributed by atoms with Crippen molar-refractivity contribution in [3.05, 3.63) is 102 Å². The zero-order chi connectivity index (χ0) is 18.6. The summed E-state index contributed by atoms with van der Waals surface area (Å²) in [6.07, 6.45) is 0. The first kappa shape index (κ1) is 17.3. The quantitative estimate of drug-likeness (QED) is 0.350. The Morgan fingerprint density at radius 1 is 0.741 bits per heavy atom. The van der Waals surface area contributed by atoms with E-state index in [1.54, 1.807) is 6.92 Å². The van der Waals surface area contributed by atoms with Crippen molar-refractivity contribution >= 4 is 33.5 Å². The number of benzene rings is 3. The molecule has 132 valence electrons. The molecule has 0 N–H and O–H groups in total. The van der Waals surface area contributed by atoms with E-state index >= 15 is 0 Å². The van der Waals surface area contributed by atoms with E-state index in [4.69, 9.17) is 0 Å². The summed E-state index contributed by atoms with van der Waals surface area (Å²) in [6.45, 7) is 1.62. The number of rotatable bonds is 5. The summed E-state index contributed by atoms with van der Waals surface area (Å²) >= 11 is 1.54. The van der Waals surface area contributed by atoms with Gasteiger partial charge in [0.1, 0.15) is 5.00 Å². The van der Waals surface area contributed by atoms with E-state index < -0.39 is 0 Å². The van der Waals surface area contributed by atoms with Crippen molar-refractivity contribution in [3.63, 3.8) is 0 Å². The molecule has 1 aromatic heterocycles. The van der Waals surface area contributed by atoms with Gasteiger partial charge >= 0.3 is 0 Å². The standard InChI is InChI=1S/C24H19NOS/c1-18(26)23-17-22(19-11-5-2-6-12-19)24(27-23)25(20-13-7-3-8-14-20)21-15-9-4-10-16-21/h2-17H,1H3. The lowest BCUT2D eigenvalue weighted by Crippen LogP contribution is -2.09. The van der Waals surface area contributed by atoms with E-state index in [1.807, 2.05) is 60.7 Å². The summed E-state index contributed by atoms with van der Waals surface area (Å²) in [7, 11) is 0. The highest BCUT2D eigenvalue weighted by Gasteiger charge is 2.21. The molecule has 4 aromatic rings. The predicted octanol–water partition coefficient (Wildman–Crippen LogP) is 7.09. The molecule has 0 aliphatic rings. The largest absolute Gasteiger partial charge is 0.301 e. The number of ketones is 1. The molecule has 0 saturated carbocycles. The third-order valence-corrected chi connectivity index (χ3v) is 5.60. The molecule has 0 atom stereocenters. The molecule has 0 aliphatic heterocycles. The number of hydrogen-bond donors (Lipinski definition) is 0.